The van der Waals surface area contributed by atoms with Crippen molar-refractivity contribution in [2.45, 2.75) is 38.6 Å². The molecule has 0 heterocycles. The lowest BCUT2D eigenvalue weighted by Crippen LogP contribution is -2.33. The van der Waals surface area contributed by atoms with Crippen LogP contribution in [0.5, 0.6) is 11.5 Å². The van der Waals surface area contributed by atoms with Crippen LogP contribution in [0.15, 0.2) is 11.1 Å². The molecule has 1 aliphatic carbocycles. The summed E-state index contributed by atoms with van der Waals surface area (Å²) >= 11 is 0. The van der Waals surface area contributed by atoms with Crippen molar-refractivity contribution >= 4 is 6.08 Å². The lowest BCUT2D eigenvalue weighted by atomic mass is 9.69. The quantitative estimate of drug-likeness (QED) is 0.618. The molecule has 0 spiro atoms. The Bertz CT molecular complexity index is 541. The third-order valence-corrected chi connectivity index (χ3v) is 4.01. The molecule has 0 atom stereocenters. The number of rotatable bonds is 4. The van der Waals surface area contributed by atoms with Crippen molar-refractivity contribution < 1.29 is 14.3 Å². The maximum absolute atomic E-state index is 10.7. The zero-order valence-corrected chi connectivity index (χ0v) is 11.9. The van der Waals surface area contributed by atoms with Crippen LogP contribution in [0.4, 0.5) is 0 Å². The van der Waals surface area contributed by atoms with Gasteiger partial charge in [-0.25, -0.2) is 4.79 Å². The van der Waals surface area contributed by atoms with E-state index in [0.717, 1.165) is 41.7 Å². The van der Waals surface area contributed by atoms with Crippen LogP contribution in [0.25, 0.3) is 0 Å². The Morgan fingerprint density at radius 2 is 1.95 bits per heavy atom. The van der Waals surface area contributed by atoms with E-state index in [4.69, 9.17) is 9.47 Å². The molecule has 0 amide bonds. The van der Waals surface area contributed by atoms with Crippen molar-refractivity contribution in [2.75, 3.05) is 14.2 Å². The van der Waals surface area contributed by atoms with Gasteiger partial charge in [0.1, 0.15) is 0 Å². The van der Waals surface area contributed by atoms with Gasteiger partial charge in [-0.05, 0) is 50.3 Å². The molecule has 0 aromatic heterocycles. The van der Waals surface area contributed by atoms with Crippen molar-refractivity contribution in [1.82, 2.24) is 0 Å². The summed E-state index contributed by atoms with van der Waals surface area (Å²) in [5, 5.41) is 0. The Hall–Kier alpha value is -1.80. The van der Waals surface area contributed by atoms with Crippen LogP contribution in [0.3, 0.4) is 0 Å². The average Bonchev–Trinajstić information content (AvgIpc) is 2.34. The molecule has 0 bridgehead atoms. The molecular formula is C15H19NO3. The molecule has 1 aromatic rings. The summed E-state index contributed by atoms with van der Waals surface area (Å²) < 4.78 is 10.8. The minimum atomic E-state index is -0.407. The lowest BCUT2D eigenvalue weighted by molar-refractivity contribution is 0.251. The average molecular weight is 261 g/mol. The van der Waals surface area contributed by atoms with Gasteiger partial charge in [0, 0.05) is 5.56 Å². The highest BCUT2D eigenvalue weighted by Gasteiger charge is 2.42. The van der Waals surface area contributed by atoms with Crippen molar-refractivity contribution in [2.24, 2.45) is 4.99 Å². The zero-order valence-electron chi connectivity index (χ0n) is 11.9. The number of methoxy groups -OCH3 is 2. The number of benzene rings is 1. The SMILES string of the molecule is COc1cc(C)c(C2(N=C=O)CCC2)c(C)c1OC. The van der Waals surface area contributed by atoms with Crippen LogP contribution in [-0.4, -0.2) is 20.3 Å². The Morgan fingerprint density at radius 1 is 1.26 bits per heavy atom. The van der Waals surface area contributed by atoms with E-state index in [0.29, 0.717) is 5.75 Å². The fourth-order valence-corrected chi connectivity index (χ4v) is 3.07. The Kier molecular flexibility index (Phi) is 3.63. The number of ether oxygens (including phenoxy) is 2. The van der Waals surface area contributed by atoms with Crippen molar-refractivity contribution in [3.05, 3.63) is 22.8 Å². The molecule has 0 unspecified atom stereocenters. The number of carbonyl (C=O) groups excluding carboxylic acids is 1. The van der Waals surface area contributed by atoms with Crippen molar-refractivity contribution in [1.29, 1.82) is 0 Å². The molecule has 1 saturated carbocycles. The summed E-state index contributed by atoms with van der Waals surface area (Å²) in [7, 11) is 3.25. The number of aliphatic imine (C=N–C) groups is 1. The minimum absolute atomic E-state index is 0.407. The smallest absolute Gasteiger partial charge is 0.235 e. The van der Waals surface area contributed by atoms with Gasteiger partial charge in [-0.2, -0.15) is 4.99 Å². The standard InChI is InChI=1S/C15H19NO3/c1-10-8-12(18-3)14(19-4)11(2)13(10)15(16-9-17)6-5-7-15/h8H,5-7H2,1-4H3. The maximum Gasteiger partial charge on any atom is 0.235 e. The van der Waals surface area contributed by atoms with E-state index < -0.39 is 5.54 Å². The van der Waals surface area contributed by atoms with Gasteiger partial charge in [-0.15, -0.1) is 0 Å². The number of isocyanates is 1. The fraction of sp³-hybridized carbons (Fsp3) is 0.533. The summed E-state index contributed by atoms with van der Waals surface area (Å²) in [5.74, 6) is 1.43. The molecule has 19 heavy (non-hydrogen) atoms. The molecule has 0 radical (unpaired) electrons. The Morgan fingerprint density at radius 3 is 2.37 bits per heavy atom. The maximum atomic E-state index is 10.7. The molecule has 4 nitrogen and oxygen atoms in total. The first-order valence-corrected chi connectivity index (χ1v) is 6.41. The number of hydrogen-bond donors (Lipinski definition) is 0. The van der Waals surface area contributed by atoms with Crippen LogP contribution in [0.2, 0.25) is 0 Å². The molecule has 0 aliphatic heterocycles. The minimum Gasteiger partial charge on any atom is -0.493 e. The van der Waals surface area contributed by atoms with Gasteiger partial charge < -0.3 is 9.47 Å². The summed E-state index contributed by atoms with van der Waals surface area (Å²) in [6, 6.07) is 1.95. The normalized spacial score (nSPS) is 16.2. The van der Waals surface area contributed by atoms with Crippen molar-refractivity contribution in [3.63, 3.8) is 0 Å². The Balaban J connectivity index is 2.67. The topological polar surface area (TPSA) is 47.9 Å². The van der Waals surface area contributed by atoms with Gasteiger partial charge in [0.25, 0.3) is 0 Å². The number of hydrogen-bond acceptors (Lipinski definition) is 4. The van der Waals surface area contributed by atoms with Crippen LogP contribution < -0.4 is 9.47 Å². The monoisotopic (exact) mass is 261 g/mol. The van der Waals surface area contributed by atoms with Gasteiger partial charge in [0.05, 0.1) is 19.8 Å². The molecule has 1 fully saturated rings. The summed E-state index contributed by atoms with van der Waals surface area (Å²) in [6.07, 6.45) is 4.59. The van der Waals surface area contributed by atoms with Gasteiger partial charge in [0.15, 0.2) is 11.5 Å². The largest absolute Gasteiger partial charge is 0.493 e. The van der Waals surface area contributed by atoms with Crippen LogP contribution in [0, 0.1) is 13.8 Å². The molecule has 2 rings (SSSR count). The summed E-state index contributed by atoms with van der Waals surface area (Å²) in [5.41, 5.74) is 2.75. The van der Waals surface area contributed by atoms with Crippen LogP contribution >= 0.6 is 0 Å². The molecule has 1 aromatic carbocycles. The van der Waals surface area contributed by atoms with Gasteiger partial charge in [0.2, 0.25) is 6.08 Å². The van der Waals surface area contributed by atoms with Gasteiger partial charge in [-0.3, -0.25) is 0 Å². The number of nitrogens with zero attached hydrogens (tertiary/aromatic N) is 1. The van der Waals surface area contributed by atoms with Gasteiger partial charge in [-0.1, -0.05) is 0 Å². The Labute approximate surface area is 113 Å². The van der Waals surface area contributed by atoms with Crippen LogP contribution in [-0.2, 0) is 10.3 Å². The van der Waals surface area contributed by atoms with E-state index in [-0.39, 0.29) is 0 Å². The highest BCUT2D eigenvalue weighted by Crippen LogP contribution is 2.50. The van der Waals surface area contributed by atoms with E-state index in [1.165, 1.54) is 0 Å². The lowest BCUT2D eigenvalue weighted by Gasteiger charge is -2.39. The molecule has 1 aliphatic rings. The third-order valence-electron chi connectivity index (χ3n) is 4.01. The third kappa shape index (κ3) is 2.02. The first-order chi connectivity index (χ1) is 9.09. The predicted molar refractivity (Wildman–Crippen MR) is 72.7 cm³/mol. The first kappa shape index (κ1) is 13.6. The molecule has 0 N–H and O–H groups in total. The first-order valence-electron chi connectivity index (χ1n) is 6.41. The second-order valence-corrected chi connectivity index (χ2v) is 5.02. The van der Waals surface area contributed by atoms with Crippen LogP contribution in [0.1, 0.15) is 36.0 Å². The second kappa shape index (κ2) is 5.06. The molecule has 0 saturated heterocycles. The van der Waals surface area contributed by atoms with E-state index in [1.807, 2.05) is 19.9 Å². The van der Waals surface area contributed by atoms with Gasteiger partial charge >= 0.3 is 0 Å². The molecule has 102 valence electrons. The van der Waals surface area contributed by atoms with Crippen molar-refractivity contribution in [3.8, 4) is 11.5 Å². The zero-order chi connectivity index (χ0) is 14.0. The second-order valence-electron chi connectivity index (χ2n) is 5.02. The molecular weight excluding hydrogens is 242 g/mol. The van der Waals surface area contributed by atoms with E-state index in [1.54, 1.807) is 20.3 Å². The van der Waals surface area contributed by atoms with E-state index >= 15 is 0 Å². The summed E-state index contributed by atoms with van der Waals surface area (Å²) in [4.78, 5) is 14.8. The fourth-order valence-electron chi connectivity index (χ4n) is 3.07. The predicted octanol–water partition coefficient (Wildman–Crippen LogP) is 3.04. The van der Waals surface area contributed by atoms with E-state index in [9.17, 15) is 4.79 Å². The van der Waals surface area contributed by atoms with E-state index in [2.05, 4.69) is 4.99 Å². The molecule has 4 heteroatoms. The highest BCUT2D eigenvalue weighted by molar-refractivity contribution is 5.57. The summed E-state index contributed by atoms with van der Waals surface area (Å²) in [6.45, 7) is 4.01. The number of aryl methyl sites for hydroxylation is 1. The highest BCUT2D eigenvalue weighted by atomic mass is 16.5.